The summed E-state index contributed by atoms with van der Waals surface area (Å²) >= 11 is 0. The molecule has 2 rings (SSSR count). The molecule has 1 amide bonds. The van der Waals surface area contributed by atoms with E-state index in [0.717, 1.165) is 17.1 Å². The number of nitrogens with one attached hydrogen (secondary N) is 1. The highest BCUT2D eigenvalue weighted by Gasteiger charge is 2.05. The van der Waals surface area contributed by atoms with Crippen molar-refractivity contribution in [2.75, 3.05) is 0 Å². The fraction of sp³-hybridized carbons (Fsp3) is 0.214. The van der Waals surface area contributed by atoms with Crippen LogP contribution < -0.4 is 5.43 Å². The number of hydrogen-bond donors (Lipinski definition) is 1. The molecule has 0 radical (unpaired) electrons. The highest BCUT2D eigenvalue weighted by Crippen LogP contribution is 2.01. The van der Waals surface area contributed by atoms with Crippen LogP contribution in [-0.2, 0) is 11.3 Å². The molecule has 1 N–H and O–H groups in total. The topological polar surface area (TPSA) is 72.4 Å². The van der Waals surface area contributed by atoms with Crippen molar-refractivity contribution in [3.63, 3.8) is 0 Å². The lowest BCUT2D eigenvalue weighted by atomic mass is 10.4. The maximum Gasteiger partial charge on any atom is 0.261 e. The number of furan rings is 1. The van der Waals surface area contributed by atoms with Gasteiger partial charge in [0.25, 0.3) is 5.91 Å². The van der Waals surface area contributed by atoms with Crippen LogP contribution in [0.1, 0.15) is 17.1 Å². The number of hydrazone groups is 1. The van der Waals surface area contributed by atoms with E-state index in [0.29, 0.717) is 0 Å². The van der Waals surface area contributed by atoms with Crippen molar-refractivity contribution < 1.29 is 9.21 Å². The van der Waals surface area contributed by atoms with Crippen LogP contribution in [0.15, 0.2) is 40.1 Å². The molecule has 20 heavy (non-hydrogen) atoms. The monoisotopic (exact) mass is 272 g/mol. The van der Waals surface area contributed by atoms with E-state index in [2.05, 4.69) is 15.6 Å². The van der Waals surface area contributed by atoms with Gasteiger partial charge in [0.2, 0.25) is 0 Å². The van der Waals surface area contributed by atoms with Crippen molar-refractivity contribution in [2.24, 2.45) is 5.10 Å². The van der Waals surface area contributed by atoms with Gasteiger partial charge in [-0.15, -0.1) is 0 Å². The van der Waals surface area contributed by atoms with Crippen LogP contribution in [0, 0.1) is 13.8 Å². The summed E-state index contributed by atoms with van der Waals surface area (Å²) in [7, 11) is 0. The summed E-state index contributed by atoms with van der Waals surface area (Å²) in [4.78, 5) is 11.6. The van der Waals surface area contributed by atoms with Gasteiger partial charge in [-0.3, -0.25) is 9.48 Å². The quantitative estimate of drug-likeness (QED) is 0.667. The van der Waals surface area contributed by atoms with Gasteiger partial charge >= 0.3 is 0 Å². The average molecular weight is 272 g/mol. The molecule has 2 aromatic rings. The Labute approximate surface area is 116 Å². The lowest BCUT2D eigenvalue weighted by Gasteiger charge is -2.02. The number of carbonyl (C=O) groups excluding carboxylic acids is 1. The van der Waals surface area contributed by atoms with Crippen LogP contribution in [0.2, 0.25) is 0 Å². The van der Waals surface area contributed by atoms with Gasteiger partial charge in [-0.25, -0.2) is 5.43 Å². The molecule has 104 valence electrons. The van der Waals surface area contributed by atoms with Crippen LogP contribution in [-0.4, -0.2) is 21.9 Å². The predicted molar refractivity (Wildman–Crippen MR) is 76.1 cm³/mol. The van der Waals surface area contributed by atoms with Gasteiger partial charge in [-0.1, -0.05) is 0 Å². The van der Waals surface area contributed by atoms with Crippen LogP contribution >= 0.6 is 0 Å². The summed E-state index contributed by atoms with van der Waals surface area (Å²) in [6.45, 7) is 3.94. The highest BCUT2D eigenvalue weighted by atomic mass is 16.3. The summed E-state index contributed by atoms with van der Waals surface area (Å²) in [6.07, 6.45) is 6.51. The fourth-order valence-electron chi connectivity index (χ4n) is 1.68. The molecule has 0 saturated heterocycles. The molecular weight excluding hydrogens is 256 g/mol. The number of rotatable bonds is 5. The van der Waals surface area contributed by atoms with E-state index in [1.54, 1.807) is 29.2 Å². The van der Waals surface area contributed by atoms with Crippen molar-refractivity contribution in [3.05, 3.63) is 47.7 Å². The highest BCUT2D eigenvalue weighted by molar-refractivity contribution is 5.80. The second kappa shape index (κ2) is 6.51. The van der Waals surface area contributed by atoms with E-state index in [-0.39, 0.29) is 12.5 Å². The van der Waals surface area contributed by atoms with Crippen molar-refractivity contribution in [1.82, 2.24) is 15.2 Å². The molecule has 0 fully saturated rings. The van der Waals surface area contributed by atoms with E-state index in [4.69, 9.17) is 4.42 Å². The van der Waals surface area contributed by atoms with Gasteiger partial charge < -0.3 is 4.42 Å². The van der Waals surface area contributed by atoms with Crippen molar-refractivity contribution in [3.8, 4) is 0 Å². The predicted octanol–water partition coefficient (Wildman–Crippen LogP) is 1.91. The second-order valence-electron chi connectivity index (χ2n) is 4.27. The molecule has 0 unspecified atom stereocenters. The van der Waals surface area contributed by atoms with Gasteiger partial charge in [-0.2, -0.15) is 10.2 Å². The maximum atomic E-state index is 11.6. The minimum Gasteiger partial charge on any atom is -0.465 e. The van der Waals surface area contributed by atoms with Crippen molar-refractivity contribution in [1.29, 1.82) is 0 Å². The summed E-state index contributed by atoms with van der Waals surface area (Å²) in [6, 6.07) is 5.54. The van der Waals surface area contributed by atoms with Crippen LogP contribution in [0.4, 0.5) is 0 Å². The van der Waals surface area contributed by atoms with Gasteiger partial charge in [0.05, 0.1) is 12.0 Å². The molecule has 2 aromatic heterocycles. The number of allylic oxidation sites excluding steroid dienone is 1. The third-order valence-electron chi connectivity index (χ3n) is 2.55. The van der Waals surface area contributed by atoms with Crippen LogP contribution in [0.5, 0.6) is 0 Å². The van der Waals surface area contributed by atoms with E-state index in [1.807, 2.05) is 26.0 Å². The zero-order valence-corrected chi connectivity index (χ0v) is 11.4. The van der Waals surface area contributed by atoms with Gasteiger partial charge in [0.1, 0.15) is 12.3 Å². The zero-order chi connectivity index (χ0) is 14.4. The zero-order valence-electron chi connectivity index (χ0n) is 11.4. The molecule has 0 aromatic carbocycles. The normalized spacial score (nSPS) is 11.5. The number of aryl methyl sites for hydroxylation is 2. The Hall–Kier alpha value is -2.63. The van der Waals surface area contributed by atoms with Crippen molar-refractivity contribution in [2.45, 2.75) is 20.4 Å². The first-order valence-electron chi connectivity index (χ1n) is 6.18. The summed E-state index contributed by atoms with van der Waals surface area (Å²) in [5.74, 6) is 0.504. The Morgan fingerprint density at radius 1 is 1.55 bits per heavy atom. The lowest BCUT2D eigenvalue weighted by Crippen LogP contribution is -2.24. The van der Waals surface area contributed by atoms with Crippen LogP contribution in [0.3, 0.4) is 0 Å². The SMILES string of the molecule is Cc1cc(C)n(CC(=O)NN=C/C=C\c2ccco2)n1. The number of hydrogen-bond acceptors (Lipinski definition) is 4. The standard InChI is InChI=1S/C14H16N4O2/c1-11-9-12(2)18(17-11)10-14(19)16-15-7-3-5-13-6-4-8-20-13/h3-9H,10H2,1-2H3,(H,16,19)/b5-3-,15-7?. The smallest absolute Gasteiger partial charge is 0.261 e. The molecule has 2 heterocycles. The Morgan fingerprint density at radius 2 is 2.40 bits per heavy atom. The first kappa shape index (κ1) is 13.8. The Bertz CT molecular complexity index is 624. The molecule has 0 bridgehead atoms. The Kier molecular flexibility index (Phi) is 4.49. The molecule has 6 heteroatoms. The molecule has 0 spiro atoms. The molecule has 0 aliphatic rings. The summed E-state index contributed by atoms with van der Waals surface area (Å²) < 4.78 is 6.75. The molecule has 0 atom stereocenters. The summed E-state index contributed by atoms with van der Waals surface area (Å²) in [5, 5.41) is 8.02. The van der Waals surface area contributed by atoms with Gasteiger partial charge in [0.15, 0.2) is 0 Å². The maximum absolute atomic E-state index is 11.6. The molecular formula is C14H16N4O2. The fourth-order valence-corrected chi connectivity index (χ4v) is 1.68. The first-order valence-corrected chi connectivity index (χ1v) is 6.18. The second-order valence-corrected chi connectivity index (χ2v) is 4.27. The Morgan fingerprint density at radius 3 is 3.05 bits per heavy atom. The van der Waals surface area contributed by atoms with Gasteiger partial charge in [0, 0.05) is 11.9 Å². The minimum absolute atomic E-state index is 0.152. The number of carbonyl (C=O) groups is 1. The largest absolute Gasteiger partial charge is 0.465 e. The van der Waals surface area contributed by atoms with E-state index in [9.17, 15) is 4.79 Å². The van der Waals surface area contributed by atoms with E-state index < -0.39 is 0 Å². The molecule has 0 saturated carbocycles. The Balaban J connectivity index is 1.79. The van der Waals surface area contributed by atoms with E-state index >= 15 is 0 Å². The number of aromatic nitrogens is 2. The molecule has 6 nitrogen and oxygen atoms in total. The first-order chi connectivity index (χ1) is 9.65. The summed E-state index contributed by atoms with van der Waals surface area (Å²) in [5.41, 5.74) is 4.27. The molecule has 0 aliphatic heterocycles. The van der Waals surface area contributed by atoms with E-state index in [1.165, 1.54) is 6.21 Å². The van der Waals surface area contributed by atoms with Crippen molar-refractivity contribution >= 4 is 18.2 Å². The number of nitrogens with zero attached hydrogens (tertiary/aromatic N) is 3. The third-order valence-corrected chi connectivity index (χ3v) is 2.55. The van der Waals surface area contributed by atoms with Gasteiger partial charge in [-0.05, 0) is 44.2 Å². The molecule has 0 aliphatic carbocycles. The number of amides is 1. The average Bonchev–Trinajstić information content (AvgIpc) is 3.00. The van der Waals surface area contributed by atoms with Crippen LogP contribution in [0.25, 0.3) is 6.08 Å². The lowest BCUT2D eigenvalue weighted by molar-refractivity contribution is -0.121. The third kappa shape index (κ3) is 3.94. The minimum atomic E-state index is -0.223.